The molecule has 0 atom stereocenters. The van der Waals surface area contributed by atoms with Crippen molar-refractivity contribution in [2.24, 2.45) is 0 Å². The van der Waals surface area contributed by atoms with E-state index in [-0.39, 0.29) is 17.4 Å². The van der Waals surface area contributed by atoms with E-state index in [2.05, 4.69) is 26.1 Å². The minimum atomic E-state index is -0.115. The Morgan fingerprint density at radius 3 is 2.45 bits per heavy atom. The van der Waals surface area contributed by atoms with Gasteiger partial charge in [-0.15, -0.1) is 0 Å². The Kier molecular flexibility index (Phi) is 3.15. The fourth-order valence-electron chi connectivity index (χ4n) is 1.75. The first-order valence-electron chi connectivity index (χ1n) is 5.75. The number of nitrogens with zero attached hydrogens (tertiary/aromatic N) is 2. The van der Waals surface area contributed by atoms with Crippen LogP contribution in [-0.2, 0) is 0 Å². The van der Waals surface area contributed by atoms with Gasteiger partial charge in [0, 0.05) is 16.1 Å². The van der Waals surface area contributed by atoms with Crippen LogP contribution in [-0.4, -0.2) is 20.4 Å². The highest BCUT2D eigenvalue weighted by atomic mass is 79.9. The van der Waals surface area contributed by atoms with Gasteiger partial charge in [-0.2, -0.15) is 4.98 Å². The molecule has 2 aromatic carbocycles. The first-order chi connectivity index (χ1) is 9.63. The molecule has 5 nitrogen and oxygen atoms in total. The summed E-state index contributed by atoms with van der Waals surface area (Å²) in [5.74, 6) is 0.482. The van der Waals surface area contributed by atoms with Crippen molar-refractivity contribution < 1.29 is 14.7 Å². The highest BCUT2D eigenvalue weighted by Crippen LogP contribution is 2.32. The second-order valence-electron chi connectivity index (χ2n) is 4.13. The van der Waals surface area contributed by atoms with Gasteiger partial charge in [0.1, 0.15) is 11.5 Å². The van der Waals surface area contributed by atoms with Crippen LogP contribution in [0, 0.1) is 0 Å². The topological polar surface area (TPSA) is 79.4 Å². The zero-order valence-corrected chi connectivity index (χ0v) is 11.7. The molecule has 1 aromatic heterocycles. The molecule has 0 radical (unpaired) electrons. The minimum Gasteiger partial charge on any atom is -0.508 e. The molecule has 0 aliphatic heterocycles. The molecule has 1 heterocycles. The van der Waals surface area contributed by atoms with Gasteiger partial charge in [-0.1, -0.05) is 21.1 Å². The Balaban J connectivity index is 1.99. The van der Waals surface area contributed by atoms with Gasteiger partial charge in [-0.05, 0) is 36.4 Å². The van der Waals surface area contributed by atoms with Gasteiger partial charge in [-0.3, -0.25) is 0 Å². The largest absolute Gasteiger partial charge is 0.508 e. The lowest BCUT2D eigenvalue weighted by atomic mass is 10.2. The highest BCUT2D eigenvalue weighted by Gasteiger charge is 2.14. The number of hydrogen-bond donors (Lipinski definition) is 2. The summed E-state index contributed by atoms with van der Waals surface area (Å²) in [6.45, 7) is 0. The molecule has 20 heavy (non-hydrogen) atoms. The van der Waals surface area contributed by atoms with E-state index in [1.807, 2.05) is 24.3 Å². The Hall–Kier alpha value is -2.34. The molecule has 0 saturated heterocycles. The van der Waals surface area contributed by atoms with E-state index in [4.69, 9.17) is 4.52 Å². The van der Waals surface area contributed by atoms with Crippen LogP contribution < -0.4 is 0 Å². The molecular weight excluding hydrogens is 324 g/mol. The van der Waals surface area contributed by atoms with Crippen molar-refractivity contribution in [2.45, 2.75) is 0 Å². The molecule has 100 valence electrons. The smallest absolute Gasteiger partial charge is 0.262 e. The predicted octanol–water partition coefficient (Wildman–Crippen LogP) is 3.58. The Labute approximate surface area is 122 Å². The summed E-state index contributed by atoms with van der Waals surface area (Å²) in [5.41, 5.74) is 1.18. The number of aromatic nitrogens is 2. The molecule has 0 spiro atoms. The number of rotatable bonds is 2. The third-order valence-corrected chi connectivity index (χ3v) is 3.27. The zero-order valence-electron chi connectivity index (χ0n) is 10.1. The summed E-state index contributed by atoms with van der Waals surface area (Å²) >= 11 is 3.36. The zero-order chi connectivity index (χ0) is 14.1. The third kappa shape index (κ3) is 2.37. The van der Waals surface area contributed by atoms with Crippen LogP contribution in [0.15, 0.2) is 51.5 Å². The third-order valence-electron chi connectivity index (χ3n) is 2.74. The van der Waals surface area contributed by atoms with Gasteiger partial charge in [0.05, 0.1) is 5.56 Å². The summed E-state index contributed by atoms with van der Waals surface area (Å²) in [5, 5.41) is 22.9. The van der Waals surface area contributed by atoms with Crippen LogP contribution in [0.3, 0.4) is 0 Å². The molecular formula is C14H9BrN2O3. The number of halogens is 1. The van der Waals surface area contributed by atoms with E-state index < -0.39 is 0 Å². The van der Waals surface area contributed by atoms with Crippen LogP contribution in [0.2, 0.25) is 0 Å². The SMILES string of the molecule is Oc1ccc(-c2nc(-c3ccc(Br)cc3)no2)c(O)c1. The van der Waals surface area contributed by atoms with E-state index in [1.165, 1.54) is 18.2 Å². The quantitative estimate of drug-likeness (QED) is 0.749. The Bertz CT molecular complexity index is 753. The van der Waals surface area contributed by atoms with Crippen LogP contribution in [0.4, 0.5) is 0 Å². The fraction of sp³-hybridized carbons (Fsp3) is 0. The average molecular weight is 333 g/mol. The lowest BCUT2D eigenvalue weighted by Crippen LogP contribution is -1.81. The van der Waals surface area contributed by atoms with E-state index in [9.17, 15) is 10.2 Å². The van der Waals surface area contributed by atoms with Crippen molar-refractivity contribution >= 4 is 15.9 Å². The molecule has 0 bridgehead atoms. The summed E-state index contributed by atoms with van der Waals surface area (Å²) in [6.07, 6.45) is 0. The fourth-order valence-corrected chi connectivity index (χ4v) is 2.01. The number of aromatic hydroxyl groups is 2. The maximum Gasteiger partial charge on any atom is 0.262 e. The number of phenolic OH excluding ortho intramolecular Hbond substituents is 2. The average Bonchev–Trinajstić information content (AvgIpc) is 2.89. The number of phenols is 2. The van der Waals surface area contributed by atoms with Crippen molar-refractivity contribution in [3.05, 3.63) is 46.9 Å². The molecule has 2 N–H and O–H groups in total. The molecule has 0 unspecified atom stereocenters. The van der Waals surface area contributed by atoms with E-state index in [1.54, 1.807) is 0 Å². The second kappa shape index (κ2) is 4.97. The maximum absolute atomic E-state index is 9.77. The van der Waals surface area contributed by atoms with Crippen molar-refractivity contribution in [3.8, 4) is 34.3 Å². The maximum atomic E-state index is 9.77. The molecule has 3 aromatic rings. The number of hydrogen-bond acceptors (Lipinski definition) is 5. The normalized spacial score (nSPS) is 10.7. The van der Waals surface area contributed by atoms with Gasteiger partial charge < -0.3 is 14.7 Å². The predicted molar refractivity (Wildman–Crippen MR) is 76.2 cm³/mol. The van der Waals surface area contributed by atoms with Crippen LogP contribution in [0.25, 0.3) is 22.8 Å². The van der Waals surface area contributed by atoms with Crippen molar-refractivity contribution in [2.75, 3.05) is 0 Å². The van der Waals surface area contributed by atoms with Gasteiger partial charge in [0.2, 0.25) is 5.82 Å². The molecule has 0 aliphatic rings. The second-order valence-corrected chi connectivity index (χ2v) is 5.05. The highest BCUT2D eigenvalue weighted by molar-refractivity contribution is 9.10. The van der Waals surface area contributed by atoms with E-state index in [0.29, 0.717) is 11.4 Å². The standard InChI is InChI=1S/C14H9BrN2O3/c15-9-3-1-8(2-4-9)13-16-14(20-17-13)11-6-5-10(18)7-12(11)19/h1-7,18-19H. The Morgan fingerprint density at radius 2 is 1.75 bits per heavy atom. The van der Waals surface area contributed by atoms with Gasteiger partial charge in [0.15, 0.2) is 0 Å². The van der Waals surface area contributed by atoms with Crippen molar-refractivity contribution in [1.29, 1.82) is 0 Å². The van der Waals surface area contributed by atoms with E-state index in [0.717, 1.165) is 10.0 Å². The summed E-state index contributed by atoms with van der Waals surface area (Å²) in [6, 6.07) is 11.7. The molecule has 0 fully saturated rings. The Morgan fingerprint density at radius 1 is 1.00 bits per heavy atom. The van der Waals surface area contributed by atoms with Gasteiger partial charge in [0.25, 0.3) is 5.89 Å². The van der Waals surface area contributed by atoms with Crippen molar-refractivity contribution in [3.63, 3.8) is 0 Å². The molecule has 6 heteroatoms. The summed E-state index contributed by atoms with van der Waals surface area (Å²) in [7, 11) is 0. The van der Waals surface area contributed by atoms with Crippen LogP contribution in [0.5, 0.6) is 11.5 Å². The van der Waals surface area contributed by atoms with Crippen molar-refractivity contribution in [1.82, 2.24) is 10.1 Å². The van der Waals surface area contributed by atoms with E-state index >= 15 is 0 Å². The first kappa shape index (κ1) is 12.7. The molecule has 3 rings (SSSR count). The van der Waals surface area contributed by atoms with Crippen LogP contribution in [0.1, 0.15) is 0 Å². The summed E-state index contributed by atoms with van der Waals surface area (Å²) < 4.78 is 6.10. The molecule has 0 aliphatic carbocycles. The number of benzene rings is 2. The van der Waals surface area contributed by atoms with Crippen LogP contribution >= 0.6 is 15.9 Å². The molecule has 0 saturated carbocycles. The molecule has 0 amide bonds. The first-order valence-corrected chi connectivity index (χ1v) is 6.55. The monoisotopic (exact) mass is 332 g/mol. The lowest BCUT2D eigenvalue weighted by molar-refractivity contribution is 0.423. The summed E-state index contributed by atoms with van der Waals surface area (Å²) in [4.78, 5) is 4.24. The lowest BCUT2D eigenvalue weighted by Gasteiger charge is -1.99. The minimum absolute atomic E-state index is 0.0288. The van der Waals surface area contributed by atoms with Gasteiger partial charge >= 0.3 is 0 Å². The van der Waals surface area contributed by atoms with Gasteiger partial charge in [-0.25, -0.2) is 0 Å².